The second kappa shape index (κ2) is 11.7. The molecule has 112 valence electrons. The van der Waals surface area contributed by atoms with Gasteiger partial charge in [0.05, 0.1) is 26.4 Å². The minimum Gasteiger partial charge on any atom is -0.394 e. The molecule has 0 bridgehead atoms. The van der Waals surface area contributed by atoms with Gasteiger partial charge in [-0.25, -0.2) is 0 Å². The minimum absolute atomic E-state index is 0.365. The number of rotatable bonds is 7. The van der Waals surface area contributed by atoms with Gasteiger partial charge in [0.15, 0.2) is 0 Å². The maximum absolute atomic E-state index is 8.96. The Morgan fingerprint density at radius 3 is 0.889 bits per heavy atom. The van der Waals surface area contributed by atoms with Gasteiger partial charge in [-0.1, -0.05) is 0 Å². The van der Waals surface area contributed by atoms with Crippen LogP contribution in [-0.4, -0.2) is 103 Å². The molecule has 0 radical (unpaired) electrons. The molecule has 0 aromatic carbocycles. The molecule has 9 nitrogen and oxygen atoms in total. The van der Waals surface area contributed by atoms with Crippen LogP contribution in [0.3, 0.4) is 0 Å². The number of hydrogen-bond acceptors (Lipinski definition) is 9. The largest absolute Gasteiger partial charge is 0.394 e. The summed E-state index contributed by atoms with van der Waals surface area (Å²) in [7, 11) is 0. The van der Waals surface area contributed by atoms with Crippen molar-refractivity contribution in [3.05, 3.63) is 0 Å². The fourth-order valence-electron chi connectivity index (χ4n) is 0.729. The van der Waals surface area contributed by atoms with Crippen molar-refractivity contribution in [2.45, 2.75) is 30.5 Å². The van der Waals surface area contributed by atoms with E-state index in [-0.39, 0.29) is 13.2 Å². The first-order valence-electron chi connectivity index (χ1n) is 5.19. The lowest BCUT2D eigenvalue weighted by Crippen LogP contribution is -2.46. The average Bonchev–Trinajstić information content (AvgIpc) is 2.43. The van der Waals surface area contributed by atoms with Crippen molar-refractivity contribution in [3.8, 4) is 0 Å². The van der Waals surface area contributed by atoms with Crippen LogP contribution in [0, 0.1) is 0 Å². The van der Waals surface area contributed by atoms with Crippen LogP contribution in [0.1, 0.15) is 0 Å². The van der Waals surface area contributed by atoms with E-state index in [0.29, 0.717) is 0 Å². The fraction of sp³-hybridized carbons (Fsp3) is 1.00. The van der Waals surface area contributed by atoms with Crippen LogP contribution in [-0.2, 0) is 0 Å². The molecule has 0 saturated heterocycles. The van der Waals surface area contributed by atoms with Crippen molar-refractivity contribution >= 4 is 0 Å². The normalized spacial score (nSPS) is 17.7. The Morgan fingerprint density at radius 1 is 0.500 bits per heavy atom. The van der Waals surface area contributed by atoms with E-state index in [1.54, 1.807) is 0 Å². The lowest BCUT2D eigenvalue weighted by atomic mass is 10.0. The van der Waals surface area contributed by atoms with Crippen LogP contribution >= 0.6 is 0 Å². The van der Waals surface area contributed by atoms with Gasteiger partial charge in [-0.15, -0.1) is 0 Å². The topological polar surface area (TPSA) is 182 Å². The molecule has 9 heteroatoms. The van der Waals surface area contributed by atoms with Gasteiger partial charge in [-0.3, -0.25) is 0 Å². The van der Waals surface area contributed by atoms with Gasteiger partial charge in [-0.2, -0.15) is 0 Å². The Balaban J connectivity index is 0. The molecule has 0 aromatic rings. The first kappa shape index (κ1) is 20.0. The Morgan fingerprint density at radius 2 is 0.778 bits per heavy atom. The molecule has 0 spiro atoms. The summed E-state index contributed by atoms with van der Waals surface area (Å²) in [4.78, 5) is 0. The number of hydrogen-bond donors (Lipinski definition) is 9. The summed E-state index contributed by atoms with van der Waals surface area (Å²) in [5, 5.41) is 76.2. The Hall–Kier alpha value is -0.360. The van der Waals surface area contributed by atoms with Crippen LogP contribution in [0.4, 0.5) is 0 Å². The third kappa shape index (κ3) is 8.69. The SMILES string of the molecule is OCC(O)CO.OC[C@@H](O)[C@H](O)[C@H](O)[C@@H](O)CO. The van der Waals surface area contributed by atoms with E-state index in [2.05, 4.69) is 0 Å². The Bertz CT molecular complexity index is 161. The van der Waals surface area contributed by atoms with Crippen LogP contribution in [0.25, 0.3) is 0 Å². The molecule has 18 heavy (non-hydrogen) atoms. The zero-order chi connectivity index (χ0) is 14.7. The first-order valence-corrected chi connectivity index (χ1v) is 5.19. The number of aliphatic hydroxyl groups excluding tert-OH is 9. The average molecular weight is 274 g/mol. The van der Waals surface area contributed by atoms with Gasteiger partial charge < -0.3 is 46.0 Å². The Kier molecular flexibility index (Phi) is 13.0. The van der Waals surface area contributed by atoms with Gasteiger partial charge in [0.25, 0.3) is 0 Å². The second-order valence-corrected chi connectivity index (χ2v) is 3.50. The van der Waals surface area contributed by atoms with Crippen LogP contribution in [0.15, 0.2) is 0 Å². The van der Waals surface area contributed by atoms with E-state index in [9.17, 15) is 0 Å². The van der Waals surface area contributed by atoms with Crippen molar-refractivity contribution < 1.29 is 46.0 Å². The lowest BCUT2D eigenvalue weighted by molar-refractivity contribution is -0.123. The molecule has 0 unspecified atom stereocenters. The summed E-state index contributed by atoms with van der Waals surface area (Å²) in [5.74, 6) is 0. The zero-order valence-electron chi connectivity index (χ0n) is 9.74. The number of aliphatic hydroxyl groups is 9. The summed E-state index contributed by atoms with van der Waals surface area (Å²) in [6.07, 6.45) is -7.35. The van der Waals surface area contributed by atoms with E-state index in [1.165, 1.54) is 0 Å². The smallest absolute Gasteiger partial charge is 0.111 e. The predicted octanol–water partition coefficient (Wildman–Crippen LogP) is -5.25. The molecule has 0 aliphatic rings. The Labute approximate surface area is 104 Å². The predicted molar refractivity (Wildman–Crippen MR) is 58.4 cm³/mol. The maximum Gasteiger partial charge on any atom is 0.111 e. The quantitative estimate of drug-likeness (QED) is 0.219. The molecule has 0 saturated carbocycles. The van der Waals surface area contributed by atoms with Crippen LogP contribution in [0.5, 0.6) is 0 Å². The molecule has 0 fully saturated rings. The standard InChI is InChI=1S/C6H14O6.C3H8O3/c7-1-3(9)5(11)6(12)4(10)2-8;4-1-3(6)2-5/h3-12H,1-2H2;3-6H,1-2H2/t3-,4+,5+,6-;. The van der Waals surface area contributed by atoms with Gasteiger partial charge in [0.1, 0.15) is 30.5 Å². The molecular formula is C9H22O9. The van der Waals surface area contributed by atoms with Crippen molar-refractivity contribution in [1.29, 1.82) is 0 Å². The van der Waals surface area contributed by atoms with E-state index < -0.39 is 43.7 Å². The molecule has 9 N–H and O–H groups in total. The fourth-order valence-corrected chi connectivity index (χ4v) is 0.729. The molecule has 0 amide bonds. The summed E-state index contributed by atoms with van der Waals surface area (Å²) >= 11 is 0. The minimum atomic E-state index is -1.67. The highest BCUT2D eigenvalue weighted by Gasteiger charge is 2.29. The van der Waals surface area contributed by atoms with Gasteiger partial charge in [0, 0.05) is 0 Å². The summed E-state index contributed by atoms with van der Waals surface area (Å²) < 4.78 is 0. The molecule has 0 aromatic heterocycles. The van der Waals surface area contributed by atoms with Gasteiger partial charge in [0.2, 0.25) is 0 Å². The third-order valence-corrected chi connectivity index (χ3v) is 1.93. The zero-order valence-corrected chi connectivity index (χ0v) is 9.74. The van der Waals surface area contributed by atoms with E-state index in [0.717, 1.165) is 0 Å². The van der Waals surface area contributed by atoms with Crippen molar-refractivity contribution in [2.24, 2.45) is 0 Å². The lowest BCUT2D eigenvalue weighted by Gasteiger charge is -2.24. The monoisotopic (exact) mass is 274 g/mol. The molecule has 0 aliphatic heterocycles. The molecular weight excluding hydrogens is 252 g/mol. The van der Waals surface area contributed by atoms with E-state index >= 15 is 0 Å². The summed E-state index contributed by atoms with van der Waals surface area (Å²) in [6, 6.07) is 0. The first-order chi connectivity index (χ1) is 8.35. The second-order valence-electron chi connectivity index (χ2n) is 3.50. The van der Waals surface area contributed by atoms with E-state index in [4.69, 9.17) is 46.0 Å². The summed E-state index contributed by atoms with van der Waals surface area (Å²) in [6.45, 7) is -2.18. The van der Waals surface area contributed by atoms with Crippen molar-refractivity contribution in [1.82, 2.24) is 0 Å². The van der Waals surface area contributed by atoms with Crippen molar-refractivity contribution in [2.75, 3.05) is 26.4 Å². The molecule has 4 atom stereocenters. The highest BCUT2D eigenvalue weighted by atomic mass is 16.4. The highest BCUT2D eigenvalue weighted by molar-refractivity contribution is 4.79. The molecule has 0 aliphatic carbocycles. The third-order valence-electron chi connectivity index (χ3n) is 1.93. The van der Waals surface area contributed by atoms with Gasteiger partial charge in [-0.05, 0) is 0 Å². The van der Waals surface area contributed by atoms with E-state index in [1.807, 2.05) is 0 Å². The molecule has 0 rings (SSSR count). The highest BCUT2D eigenvalue weighted by Crippen LogP contribution is 2.03. The van der Waals surface area contributed by atoms with Gasteiger partial charge >= 0.3 is 0 Å². The molecule has 0 heterocycles. The van der Waals surface area contributed by atoms with Crippen LogP contribution < -0.4 is 0 Å². The van der Waals surface area contributed by atoms with Crippen LogP contribution in [0.2, 0.25) is 0 Å². The maximum atomic E-state index is 8.96. The van der Waals surface area contributed by atoms with Crippen molar-refractivity contribution in [3.63, 3.8) is 0 Å². The summed E-state index contributed by atoms with van der Waals surface area (Å²) in [5.41, 5.74) is 0.